The number of ether oxygens (including phenoxy) is 3. The molecule has 0 aliphatic heterocycles. The lowest BCUT2D eigenvalue weighted by Crippen LogP contribution is -2.27. The first-order valence-electron chi connectivity index (χ1n) is 3.99. The van der Waals surface area contributed by atoms with Crippen LogP contribution in [0.1, 0.15) is 20.8 Å². The third-order valence-electron chi connectivity index (χ3n) is 1.24. The topological polar surface area (TPSA) is 61.8 Å². The molecule has 82 valence electrons. The number of alkyl halides is 1. The standard InChI is InChI=1S/C8H13ClO5/c1-5(8(9)14-7(3)11)12-4-13-6(2)10/h5,8H,4H2,1-3H3. The average molecular weight is 225 g/mol. The molecule has 2 atom stereocenters. The van der Waals surface area contributed by atoms with E-state index in [1.54, 1.807) is 6.92 Å². The normalized spacial score (nSPS) is 14.3. The molecule has 0 fully saturated rings. The van der Waals surface area contributed by atoms with Crippen LogP contribution in [0.4, 0.5) is 0 Å². The summed E-state index contributed by atoms with van der Waals surface area (Å²) in [6.45, 7) is 3.90. The van der Waals surface area contributed by atoms with Gasteiger partial charge in [0.1, 0.15) is 6.10 Å². The largest absolute Gasteiger partial charge is 0.443 e. The Morgan fingerprint density at radius 1 is 1.29 bits per heavy atom. The molecule has 0 rings (SSSR count). The van der Waals surface area contributed by atoms with E-state index in [0.717, 1.165) is 0 Å². The molecule has 0 saturated heterocycles. The molecule has 0 amide bonds. The van der Waals surface area contributed by atoms with Crippen molar-refractivity contribution in [3.8, 4) is 0 Å². The minimum absolute atomic E-state index is 0.207. The molecule has 0 aromatic carbocycles. The second-order valence-corrected chi connectivity index (χ2v) is 3.02. The Morgan fingerprint density at radius 3 is 2.29 bits per heavy atom. The number of rotatable bonds is 5. The van der Waals surface area contributed by atoms with Crippen LogP contribution in [0.3, 0.4) is 0 Å². The van der Waals surface area contributed by atoms with Crippen LogP contribution in [0.5, 0.6) is 0 Å². The zero-order valence-corrected chi connectivity index (χ0v) is 9.04. The van der Waals surface area contributed by atoms with E-state index in [9.17, 15) is 9.59 Å². The van der Waals surface area contributed by atoms with Crippen LogP contribution in [-0.2, 0) is 23.8 Å². The molecule has 0 N–H and O–H groups in total. The molecule has 0 aromatic rings. The lowest BCUT2D eigenvalue weighted by molar-refractivity contribution is -0.166. The summed E-state index contributed by atoms with van der Waals surface area (Å²) in [6, 6.07) is 0. The predicted octanol–water partition coefficient (Wildman–Crippen LogP) is 1.04. The molecule has 0 aliphatic carbocycles. The molecule has 0 saturated carbocycles. The molecule has 14 heavy (non-hydrogen) atoms. The highest BCUT2D eigenvalue weighted by molar-refractivity contribution is 6.20. The fourth-order valence-corrected chi connectivity index (χ4v) is 0.753. The van der Waals surface area contributed by atoms with Gasteiger partial charge in [-0.25, -0.2) is 0 Å². The van der Waals surface area contributed by atoms with Crippen molar-refractivity contribution in [2.24, 2.45) is 0 Å². The zero-order chi connectivity index (χ0) is 11.1. The molecule has 5 nitrogen and oxygen atoms in total. The Morgan fingerprint density at radius 2 is 1.86 bits per heavy atom. The van der Waals surface area contributed by atoms with Crippen LogP contribution in [0.25, 0.3) is 0 Å². The third-order valence-corrected chi connectivity index (χ3v) is 1.68. The summed E-state index contributed by atoms with van der Waals surface area (Å²) in [4.78, 5) is 20.8. The van der Waals surface area contributed by atoms with E-state index in [0.29, 0.717) is 0 Å². The van der Waals surface area contributed by atoms with Crippen molar-refractivity contribution in [2.45, 2.75) is 32.4 Å². The predicted molar refractivity (Wildman–Crippen MR) is 48.6 cm³/mol. The maximum atomic E-state index is 10.5. The van der Waals surface area contributed by atoms with Crippen LogP contribution < -0.4 is 0 Å². The molecule has 6 heteroatoms. The molecule has 2 unspecified atom stereocenters. The van der Waals surface area contributed by atoms with Crippen molar-refractivity contribution in [3.05, 3.63) is 0 Å². The minimum atomic E-state index is -0.886. The summed E-state index contributed by atoms with van der Waals surface area (Å²) >= 11 is 5.63. The van der Waals surface area contributed by atoms with Crippen molar-refractivity contribution in [3.63, 3.8) is 0 Å². The van der Waals surface area contributed by atoms with Gasteiger partial charge in [-0.3, -0.25) is 9.59 Å². The van der Waals surface area contributed by atoms with E-state index < -0.39 is 23.6 Å². The molecular weight excluding hydrogens is 212 g/mol. The van der Waals surface area contributed by atoms with Crippen molar-refractivity contribution in [1.29, 1.82) is 0 Å². The molecular formula is C8H13ClO5. The maximum absolute atomic E-state index is 10.5. The van der Waals surface area contributed by atoms with E-state index in [1.807, 2.05) is 0 Å². The molecule has 0 radical (unpaired) electrons. The van der Waals surface area contributed by atoms with Gasteiger partial charge in [0, 0.05) is 13.8 Å². The van der Waals surface area contributed by atoms with Gasteiger partial charge in [0.25, 0.3) is 0 Å². The van der Waals surface area contributed by atoms with E-state index in [4.69, 9.17) is 16.3 Å². The summed E-state index contributed by atoms with van der Waals surface area (Å²) in [5.41, 5.74) is -0.886. The lowest BCUT2D eigenvalue weighted by atomic mass is 10.4. The summed E-state index contributed by atoms with van der Waals surface area (Å²) < 4.78 is 14.1. The average Bonchev–Trinajstić information content (AvgIpc) is 2.01. The highest BCUT2D eigenvalue weighted by atomic mass is 35.5. The SMILES string of the molecule is CC(=O)OCOC(C)C(Cl)OC(C)=O. The van der Waals surface area contributed by atoms with E-state index >= 15 is 0 Å². The monoisotopic (exact) mass is 224 g/mol. The molecule has 0 spiro atoms. The first kappa shape index (κ1) is 13.2. The molecule has 0 bridgehead atoms. The van der Waals surface area contributed by atoms with Gasteiger partial charge in [-0.05, 0) is 6.92 Å². The van der Waals surface area contributed by atoms with E-state index in [-0.39, 0.29) is 6.79 Å². The fraction of sp³-hybridized carbons (Fsp3) is 0.750. The van der Waals surface area contributed by atoms with Crippen molar-refractivity contribution >= 4 is 23.5 Å². The fourth-order valence-electron chi connectivity index (χ4n) is 0.554. The highest BCUT2D eigenvalue weighted by Crippen LogP contribution is 2.08. The summed E-state index contributed by atoms with van der Waals surface area (Å²) in [7, 11) is 0. The first-order valence-corrected chi connectivity index (χ1v) is 4.43. The first-order chi connectivity index (χ1) is 6.43. The lowest BCUT2D eigenvalue weighted by Gasteiger charge is -2.17. The van der Waals surface area contributed by atoms with Gasteiger partial charge in [-0.2, -0.15) is 0 Å². The number of hydrogen-bond acceptors (Lipinski definition) is 5. The number of hydrogen-bond donors (Lipinski definition) is 0. The summed E-state index contributed by atoms with van der Waals surface area (Å²) in [5, 5.41) is 0. The Labute approximate surface area is 87.3 Å². The van der Waals surface area contributed by atoms with Gasteiger partial charge < -0.3 is 14.2 Å². The Hall–Kier alpha value is -0.810. The second kappa shape index (κ2) is 6.62. The number of carbonyl (C=O) groups is 2. The zero-order valence-electron chi connectivity index (χ0n) is 8.28. The van der Waals surface area contributed by atoms with Crippen LogP contribution in [-0.4, -0.2) is 30.4 Å². The van der Waals surface area contributed by atoms with Crippen LogP contribution in [0.2, 0.25) is 0 Å². The smallest absolute Gasteiger partial charge is 0.304 e. The van der Waals surface area contributed by atoms with E-state index in [1.165, 1.54) is 13.8 Å². The van der Waals surface area contributed by atoms with Crippen LogP contribution in [0, 0.1) is 0 Å². The van der Waals surface area contributed by atoms with Crippen LogP contribution >= 0.6 is 11.6 Å². The van der Waals surface area contributed by atoms with Crippen molar-refractivity contribution in [2.75, 3.05) is 6.79 Å². The van der Waals surface area contributed by atoms with Gasteiger partial charge in [0.05, 0.1) is 0 Å². The highest BCUT2D eigenvalue weighted by Gasteiger charge is 2.17. The number of esters is 2. The quantitative estimate of drug-likeness (QED) is 0.397. The number of halogens is 1. The van der Waals surface area contributed by atoms with Crippen molar-refractivity contribution in [1.82, 2.24) is 0 Å². The van der Waals surface area contributed by atoms with Gasteiger partial charge >= 0.3 is 11.9 Å². The maximum Gasteiger partial charge on any atom is 0.304 e. The van der Waals surface area contributed by atoms with Gasteiger partial charge in [0.15, 0.2) is 6.79 Å². The summed E-state index contributed by atoms with van der Waals surface area (Å²) in [6.07, 6.45) is -0.542. The molecule has 0 aliphatic rings. The van der Waals surface area contributed by atoms with Crippen molar-refractivity contribution < 1.29 is 23.8 Å². The van der Waals surface area contributed by atoms with Gasteiger partial charge in [-0.1, -0.05) is 11.6 Å². The Bertz CT molecular complexity index is 206. The Kier molecular flexibility index (Phi) is 6.23. The van der Waals surface area contributed by atoms with Crippen LogP contribution in [0.15, 0.2) is 0 Å². The molecule has 0 aromatic heterocycles. The minimum Gasteiger partial charge on any atom is -0.443 e. The van der Waals surface area contributed by atoms with Gasteiger partial charge in [-0.15, -0.1) is 0 Å². The Balaban J connectivity index is 3.66. The second-order valence-electron chi connectivity index (χ2n) is 2.59. The van der Waals surface area contributed by atoms with Gasteiger partial charge in [0.2, 0.25) is 5.56 Å². The third kappa shape index (κ3) is 6.68. The summed E-state index contributed by atoms with van der Waals surface area (Å²) in [5.74, 6) is -0.941. The molecule has 0 heterocycles. The van der Waals surface area contributed by atoms with E-state index in [2.05, 4.69) is 9.47 Å². The number of carbonyl (C=O) groups excluding carboxylic acids is 2.